The Balaban J connectivity index is 0.00000264. The van der Waals surface area contributed by atoms with Crippen LogP contribution >= 0.6 is 24.0 Å². The first-order valence-corrected chi connectivity index (χ1v) is 9.76. The Morgan fingerprint density at radius 2 is 2.13 bits per heavy atom. The van der Waals surface area contributed by atoms with Gasteiger partial charge in [-0.05, 0) is 61.9 Å². The highest BCUT2D eigenvalue weighted by molar-refractivity contribution is 7.89. The lowest BCUT2D eigenvalue weighted by atomic mass is 9.96. The maximum absolute atomic E-state index is 12.5. The summed E-state index contributed by atoms with van der Waals surface area (Å²) in [6.07, 6.45) is 3.19. The summed E-state index contributed by atoms with van der Waals surface area (Å²) in [5, 5.41) is 3.62. The van der Waals surface area contributed by atoms with Crippen LogP contribution in [0.2, 0.25) is 5.02 Å². The predicted molar refractivity (Wildman–Crippen MR) is 98.2 cm³/mol. The van der Waals surface area contributed by atoms with E-state index in [9.17, 15) is 8.42 Å². The number of sulfonamides is 1. The normalized spacial score (nSPS) is 18.7. The molecule has 1 aliphatic heterocycles. The molecule has 0 amide bonds. The van der Waals surface area contributed by atoms with Gasteiger partial charge in [-0.1, -0.05) is 31.5 Å². The van der Waals surface area contributed by atoms with Crippen LogP contribution in [0.1, 0.15) is 44.6 Å². The quantitative estimate of drug-likeness (QED) is 0.792. The van der Waals surface area contributed by atoms with E-state index < -0.39 is 10.0 Å². The fourth-order valence-corrected chi connectivity index (χ4v) is 4.31. The van der Waals surface area contributed by atoms with Crippen LogP contribution in [0.3, 0.4) is 0 Å². The summed E-state index contributed by atoms with van der Waals surface area (Å²) >= 11 is 6.08. The summed E-state index contributed by atoms with van der Waals surface area (Å²) in [5.41, 5.74) is 0.973. The molecular formula is C16H26Cl2N2O2S. The third kappa shape index (κ3) is 5.91. The summed E-state index contributed by atoms with van der Waals surface area (Å²) in [6.45, 7) is 6.56. The van der Waals surface area contributed by atoms with Gasteiger partial charge in [0.25, 0.3) is 0 Å². The van der Waals surface area contributed by atoms with Crippen molar-refractivity contribution in [1.29, 1.82) is 0 Å². The van der Waals surface area contributed by atoms with Crippen LogP contribution in [0.25, 0.3) is 0 Å². The van der Waals surface area contributed by atoms with Crippen molar-refractivity contribution in [2.24, 2.45) is 5.92 Å². The lowest BCUT2D eigenvalue weighted by Crippen LogP contribution is -2.33. The molecule has 7 heteroatoms. The van der Waals surface area contributed by atoms with Gasteiger partial charge in [-0.25, -0.2) is 13.1 Å². The molecule has 4 nitrogen and oxygen atoms in total. The van der Waals surface area contributed by atoms with E-state index in [1.165, 1.54) is 6.42 Å². The van der Waals surface area contributed by atoms with Crippen molar-refractivity contribution in [3.05, 3.63) is 28.8 Å². The Morgan fingerprint density at radius 1 is 1.39 bits per heavy atom. The van der Waals surface area contributed by atoms with Crippen molar-refractivity contribution in [1.82, 2.24) is 10.0 Å². The number of benzene rings is 1. The van der Waals surface area contributed by atoms with E-state index in [2.05, 4.69) is 10.0 Å². The zero-order valence-corrected chi connectivity index (χ0v) is 16.0. The minimum Gasteiger partial charge on any atom is -0.316 e. The van der Waals surface area contributed by atoms with Crippen molar-refractivity contribution in [2.75, 3.05) is 19.6 Å². The molecule has 0 radical (unpaired) electrons. The van der Waals surface area contributed by atoms with Crippen molar-refractivity contribution in [3.8, 4) is 0 Å². The smallest absolute Gasteiger partial charge is 0.242 e. The molecule has 1 heterocycles. The second-order valence-electron chi connectivity index (χ2n) is 6.24. The highest BCUT2D eigenvalue weighted by Crippen LogP contribution is 2.26. The molecule has 132 valence electrons. The summed E-state index contributed by atoms with van der Waals surface area (Å²) in [6, 6.07) is 5.22. The van der Waals surface area contributed by atoms with E-state index in [1.54, 1.807) is 12.1 Å². The number of hydrogen-bond donors (Lipinski definition) is 2. The third-order valence-electron chi connectivity index (χ3n) is 4.16. The molecule has 0 spiro atoms. The maximum atomic E-state index is 12.5. The molecule has 1 aromatic rings. The molecule has 0 saturated carbocycles. The Bertz CT molecular complexity index is 600. The zero-order valence-electron chi connectivity index (χ0n) is 13.6. The van der Waals surface area contributed by atoms with Crippen LogP contribution in [-0.2, 0) is 10.0 Å². The molecule has 2 rings (SSSR count). The molecule has 0 aliphatic carbocycles. The van der Waals surface area contributed by atoms with E-state index in [4.69, 9.17) is 11.6 Å². The van der Waals surface area contributed by atoms with Gasteiger partial charge in [0, 0.05) is 6.54 Å². The number of rotatable bonds is 6. The largest absolute Gasteiger partial charge is 0.316 e. The maximum Gasteiger partial charge on any atom is 0.242 e. The van der Waals surface area contributed by atoms with E-state index >= 15 is 0 Å². The molecular weight excluding hydrogens is 355 g/mol. The van der Waals surface area contributed by atoms with Gasteiger partial charge in [0.1, 0.15) is 4.90 Å². The van der Waals surface area contributed by atoms with E-state index in [1.807, 2.05) is 19.9 Å². The van der Waals surface area contributed by atoms with Gasteiger partial charge in [0.05, 0.1) is 5.02 Å². The Kier molecular flexibility index (Phi) is 8.31. The fraction of sp³-hybridized carbons (Fsp3) is 0.625. The molecule has 0 aromatic heterocycles. The first-order valence-electron chi connectivity index (χ1n) is 7.90. The Morgan fingerprint density at radius 3 is 2.74 bits per heavy atom. The first kappa shape index (κ1) is 20.7. The fourth-order valence-electron chi connectivity index (χ4n) is 2.73. The lowest BCUT2D eigenvalue weighted by molar-refractivity contribution is 0.358. The van der Waals surface area contributed by atoms with Gasteiger partial charge in [-0.15, -0.1) is 12.4 Å². The first-order chi connectivity index (χ1) is 10.4. The van der Waals surface area contributed by atoms with E-state index in [0.29, 0.717) is 12.5 Å². The van der Waals surface area contributed by atoms with Crippen molar-refractivity contribution < 1.29 is 8.42 Å². The summed E-state index contributed by atoms with van der Waals surface area (Å²) in [5.74, 6) is 0.813. The standard InChI is InChI=1S/C16H25ClN2O2S.ClH/c1-12(2)14-5-6-15(17)16(10-14)22(20,21)19-9-7-13-4-3-8-18-11-13;/h5-6,10,12-13,18-19H,3-4,7-9,11H2,1-2H3;1H. The summed E-state index contributed by atoms with van der Waals surface area (Å²) in [4.78, 5) is 0.183. The minimum atomic E-state index is -3.55. The van der Waals surface area contributed by atoms with Gasteiger partial charge >= 0.3 is 0 Å². The average Bonchev–Trinajstić information content (AvgIpc) is 2.48. The SMILES string of the molecule is CC(C)c1ccc(Cl)c(S(=O)(=O)NCCC2CCCNC2)c1.Cl. The average molecular weight is 381 g/mol. The van der Waals surface area contributed by atoms with Crippen molar-refractivity contribution in [2.45, 2.75) is 43.9 Å². The van der Waals surface area contributed by atoms with Crippen LogP contribution in [0.15, 0.2) is 23.1 Å². The predicted octanol–water partition coefficient (Wildman–Crippen LogP) is 3.55. The molecule has 1 aromatic carbocycles. The van der Waals surface area contributed by atoms with E-state index in [-0.39, 0.29) is 28.2 Å². The molecule has 2 N–H and O–H groups in total. The monoisotopic (exact) mass is 380 g/mol. The molecule has 1 aliphatic rings. The second kappa shape index (κ2) is 9.23. The van der Waals surface area contributed by atoms with Gasteiger partial charge in [-0.3, -0.25) is 0 Å². The molecule has 1 unspecified atom stereocenters. The molecule has 1 fully saturated rings. The summed E-state index contributed by atoms with van der Waals surface area (Å²) < 4.78 is 27.6. The van der Waals surface area contributed by atoms with Crippen LogP contribution in [-0.4, -0.2) is 28.1 Å². The Labute approximate surface area is 150 Å². The highest BCUT2D eigenvalue weighted by atomic mass is 35.5. The van der Waals surface area contributed by atoms with Gasteiger partial charge < -0.3 is 5.32 Å². The molecule has 23 heavy (non-hydrogen) atoms. The molecule has 1 atom stereocenters. The van der Waals surface area contributed by atoms with Gasteiger partial charge in [0.15, 0.2) is 0 Å². The van der Waals surface area contributed by atoms with E-state index in [0.717, 1.165) is 31.5 Å². The van der Waals surface area contributed by atoms with Gasteiger partial charge in [-0.2, -0.15) is 0 Å². The topological polar surface area (TPSA) is 58.2 Å². The third-order valence-corrected chi connectivity index (χ3v) is 6.10. The van der Waals surface area contributed by atoms with Crippen LogP contribution in [0.5, 0.6) is 0 Å². The minimum absolute atomic E-state index is 0. The van der Waals surface area contributed by atoms with Crippen LogP contribution < -0.4 is 10.0 Å². The number of nitrogens with one attached hydrogen (secondary N) is 2. The number of piperidine rings is 1. The molecule has 1 saturated heterocycles. The van der Waals surface area contributed by atoms with Crippen molar-refractivity contribution in [3.63, 3.8) is 0 Å². The van der Waals surface area contributed by atoms with Crippen molar-refractivity contribution >= 4 is 34.0 Å². The second-order valence-corrected chi connectivity index (χ2v) is 8.39. The lowest BCUT2D eigenvalue weighted by Gasteiger charge is -2.22. The molecule has 0 bridgehead atoms. The number of halogens is 2. The number of hydrogen-bond acceptors (Lipinski definition) is 3. The van der Waals surface area contributed by atoms with Crippen LogP contribution in [0, 0.1) is 5.92 Å². The Hall–Kier alpha value is -0.330. The zero-order chi connectivity index (χ0) is 16.2. The summed E-state index contributed by atoms with van der Waals surface area (Å²) in [7, 11) is -3.55. The van der Waals surface area contributed by atoms with Gasteiger partial charge in [0.2, 0.25) is 10.0 Å². The highest BCUT2D eigenvalue weighted by Gasteiger charge is 2.20. The van der Waals surface area contributed by atoms with Crippen LogP contribution in [0.4, 0.5) is 0 Å².